The summed E-state index contributed by atoms with van der Waals surface area (Å²) >= 11 is 0. The monoisotopic (exact) mass is 249 g/mol. The highest BCUT2D eigenvalue weighted by atomic mass is 19.2. The normalized spacial score (nSPS) is 14.8. The molecule has 0 radical (unpaired) electrons. The van der Waals surface area contributed by atoms with Crippen molar-refractivity contribution in [2.24, 2.45) is 0 Å². The van der Waals surface area contributed by atoms with Crippen molar-refractivity contribution in [3.8, 4) is 11.1 Å². The number of rotatable bonds is 1. The molecular formula is C12H5F5. The number of hydrogen-bond acceptors (Lipinski definition) is 0. The zero-order chi connectivity index (χ0) is 16.9. The first-order valence-electron chi connectivity index (χ1n) is 6.69. The summed E-state index contributed by atoms with van der Waals surface area (Å²) in [5.41, 5.74) is -3.19. The van der Waals surface area contributed by atoms with Gasteiger partial charge in [0.05, 0.1) is 18.0 Å². The van der Waals surface area contributed by atoms with Crippen LogP contribution in [0.2, 0.25) is 0 Å². The Morgan fingerprint density at radius 3 is 1.71 bits per heavy atom. The van der Waals surface area contributed by atoms with Crippen molar-refractivity contribution in [3.63, 3.8) is 0 Å². The molecule has 17 heavy (non-hydrogen) atoms. The molecular weight excluding hydrogens is 239 g/mol. The van der Waals surface area contributed by atoms with E-state index in [1.807, 2.05) is 0 Å². The van der Waals surface area contributed by atoms with Gasteiger partial charge in [0.25, 0.3) is 0 Å². The van der Waals surface area contributed by atoms with Crippen molar-refractivity contribution in [3.05, 3.63) is 59.3 Å². The minimum Gasteiger partial charge on any atom is -0.206 e. The fourth-order valence-corrected chi connectivity index (χ4v) is 1.23. The van der Waals surface area contributed by atoms with Crippen LogP contribution >= 0.6 is 0 Å². The lowest BCUT2D eigenvalue weighted by atomic mass is 10.0. The molecule has 0 spiro atoms. The van der Waals surface area contributed by atoms with Crippen molar-refractivity contribution >= 4 is 0 Å². The van der Waals surface area contributed by atoms with Crippen molar-refractivity contribution in [1.82, 2.24) is 0 Å². The molecule has 0 saturated heterocycles. The number of hydrogen-bond donors (Lipinski definition) is 0. The Bertz CT molecular complexity index is 680. The molecule has 0 unspecified atom stereocenters. The van der Waals surface area contributed by atoms with Gasteiger partial charge in [-0.2, -0.15) is 0 Å². The highest BCUT2D eigenvalue weighted by molar-refractivity contribution is 5.66. The van der Waals surface area contributed by atoms with Crippen LogP contribution in [0.4, 0.5) is 22.0 Å². The maximum atomic E-state index is 13.9. The SMILES string of the molecule is [2H]c1c([2H])c(F)c(-c2c(F)c([2H])c([2H])c(F)c2F)c(F)c1[2H]. The Hall–Kier alpha value is -1.91. The van der Waals surface area contributed by atoms with E-state index in [4.69, 9.17) is 6.85 Å². The molecule has 0 atom stereocenters. The second kappa shape index (κ2) is 4.16. The smallest absolute Gasteiger partial charge is 0.169 e. The maximum absolute atomic E-state index is 13.9. The van der Waals surface area contributed by atoms with Crippen LogP contribution < -0.4 is 0 Å². The van der Waals surface area contributed by atoms with Gasteiger partial charge in [0.15, 0.2) is 11.6 Å². The summed E-state index contributed by atoms with van der Waals surface area (Å²) in [6.07, 6.45) is 0. The van der Waals surface area contributed by atoms with Gasteiger partial charge >= 0.3 is 0 Å². The van der Waals surface area contributed by atoms with Crippen LogP contribution in [0.1, 0.15) is 6.85 Å². The molecule has 0 bridgehead atoms. The van der Waals surface area contributed by atoms with Crippen molar-refractivity contribution in [2.45, 2.75) is 0 Å². The Kier molecular flexibility index (Phi) is 1.65. The topological polar surface area (TPSA) is 0 Å². The van der Waals surface area contributed by atoms with E-state index < -0.39 is 70.4 Å². The van der Waals surface area contributed by atoms with Gasteiger partial charge in [-0.1, -0.05) is 6.04 Å². The average molecular weight is 249 g/mol. The highest BCUT2D eigenvalue weighted by Crippen LogP contribution is 2.31. The summed E-state index contributed by atoms with van der Waals surface area (Å²) in [6, 6.07) is -6.62. The van der Waals surface area contributed by atoms with Crippen LogP contribution in [0.3, 0.4) is 0 Å². The van der Waals surface area contributed by atoms with Gasteiger partial charge in [-0.3, -0.25) is 0 Å². The van der Waals surface area contributed by atoms with E-state index in [0.717, 1.165) is 0 Å². The summed E-state index contributed by atoms with van der Waals surface area (Å²) < 4.78 is 105. The van der Waals surface area contributed by atoms with Gasteiger partial charge < -0.3 is 0 Å². The standard InChI is InChI=1S/C12H5F5/c13-6-2-1-3-7(14)10(6)11-8(15)4-5-9(16)12(11)17/h1-5H/i1D,2D,3D,4D,5D. The Morgan fingerprint density at radius 1 is 0.647 bits per heavy atom. The van der Waals surface area contributed by atoms with Crippen LogP contribution in [-0.2, 0) is 0 Å². The molecule has 88 valence electrons. The molecule has 2 aromatic rings. The zero-order valence-corrected chi connectivity index (χ0v) is 7.89. The van der Waals surface area contributed by atoms with Crippen LogP contribution in [0.25, 0.3) is 11.1 Å². The van der Waals surface area contributed by atoms with Crippen LogP contribution in [0, 0.1) is 29.1 Å². The van der Waals surface area contributed by atoms with E-state index in [0.29, 0.717) is 0 Å². The van der Waals surface area contributed by atoms with Crippen LogP contribution in [0.15, 0.2) is 30.2 Å². The van der Waals surface area contributed by atoms with Gasteiger partial charge in [-0.15, -0.1) is 0 Å². The van der Waals surface area contributed by atoms with Crippen molar-refractivity contribution < 1.29 is 28.8 Å². The molecule has 0 fully saturated rings. The van der Waals surface area contributed by atoms with Crippen molar-refractivity contribution in [2.75, 3.05) is 0 Å². The van der Waals surface area contributed by atoms with Gasteiger partial charge in [-0.05, 0) is 24.2 Å². The Balaban J connectivity index is 3.03. The van der Waals surface area contributed by atoms with E-state index in [1.165, 1.54) is 0 Å². The molecule has 0 aliphatic carbocycles. The van der Waals surface area contributed by atoms with E-state index in [2.05, 4.69) is 0 Å². The molecule has 2 rings (SSSR count). The molecule has 0 nitrogen and oxygen atoms in total. The summed E-state index contributed by atoms with van der Waals surface area (Å²) in [5.74, 6) is -9.75. The summed E-state index contributed by atoms with van der Waals surface area (Å²) in [5, 5.41) is 0. The highest BCUT2D eigenvalue weighted by Gasteiger charge is 2.21. The van der Waals surface area contributed by atoms with Gasteiger partial charge in [0.1, 0.15) is 17.5 Å². The number of halogens is 5. The van der Waals surface area contributed by atoms with Gasteiger partial charge in [0.2, 0.25) is 0 Å². The average Bonchev–Trinajstić information content (AvgIpc) is 2.50. The molecule has 0 aromatic heterocycles. The lowest BCUT2D eigenvalue weighted by Crippen LogP contribution is -1.98. The number of benzene rings is 2. The third-order valence-electron chi connectivity index (χ3n) is 1.95. The van der Waals surface area contributed by atoms with Crippen LogP contribution in [-0.4, -0.2) is 0 Å². The Morgan fingerprint density at radius 2 is 1.12 bits per heavy atom. The quantitative estimate of drug-likeness (QED) is 0.528. The van der Waals surface area contributed by atoms with E-state index >= 15 is 0 Å². The molecule has 5 heteroatoms. The molecule has 0 aliphatic rings. The third-order valence-corrected chi connectivity index (χ3v) is 1.95. The maximum Gasteiger partial charge on any atom is 0.169 e. The lowest BCUT2D eigenvalue weighted by molar-refractivity contribution is 0.495. The second-order valence-corrected chi connectivity index (χ2v) is 2.94. The van der Waals surface area contributed by atoms with Gasteiger partial charge in [0, 0.05) is 0 Å². The Labute approximate surface area is 100 Å². The molecule has 0 aliphatic heterocycles. The summed E-state index contributed by atoms with van der Waals surface area (Å²) in [6.45, 7) is 0. The third kappa shape index (κ3) is 1.88. The van der Waals surface area contributed by atoms with Crippen molar-refractivity contribution in [1.29, 1.82) is 0 Å². The largest absolute Gasteiger partial charge is 0.206 e. The summed E-state index contributed by atoms with van der Waals surface area (Å²) in [7, 11) is 0. The van der Waals surface area contributed by atoms with Crippen LogP contribution in [0.5, 0.6) is 0 Å². The minimum absolute atomic E-state index is 1.15. The predicted octanol–water partition coefficient (Wildman–Crippen LogP) is 4.05. The lowest BCUT2D eigenvalue weighted by Gasteiger charge is -2.08. The predicted molar refractivity (Wildman–Crippen MR) is 51.7 cm³/mol. The molecule has 0 saturated carbocycles. The zero-order valence-electron chi connectivity index (χ0n) is 12.9. The fraction of sp³-hybridized carbons (Fsp3) is 0. The molecule has 0 heterocycles. The van der Waals surface area contributed by atoms with E-state index in [-0.39, 0.29) is 0 Å². The molecule has 0 N–H and O–H groups in total. The first-order chi connectivity index (χ1) is 10.1. The molecule has 0 amide bonds. The van der Waals surface area contributed by atoms with E-state index in [9.17, 15) is 22.0 Å². The molecule has 2 aromatic carbocycles. The second-order valence-electron chi connectivity index (χ2n) is 2.94. The van der Waals surface area contributed by atoms with Gasteiger partial charge in [-0.25, -0.2) is 22.0 Å². The fourth-order valence-electron chi connectivity index (χ4n) is 1.23. The summed E-state index contributed by atoms with van der Waals surface area (Å²) in [4.78, 5) is 0. The first-order valence-corrected chi connectivity index (χ1v) is 4.19. The minimum atomic E-state index is -2.12. The van der Waals surface area contributed by atoms with E-state index in [1.54, 1.807) is 0 Å². The first kappa shape index (κ1) is 6.74.